The maximum absolute atomic E-state index is 11.2. The standard InChI is InChI=1S/C14H12N2O2/c1-9-13(8-17)16-12-5-4-11(18-2)7-10(12)3-6-14(16)15-9/h3-8H,1-2H3. The zero-order valence-electron chi connectivity index (χ0n) is 10.2. The molecule has 90 valence electrons. The van der Waals surface area contributed by atoms with Crippen LogP contribution in [0.1, 0.15) is 16.2 Å². The van der Waals surface area contributed by atoms with E-state index < -0.39 is 0 Å². The molecule has 2 heterocycles. The fraction of sp³-hybridized carbons (Fsp3) is 0.143. The lowest BCUT2D eigenvalue weighted by Gasteiger charge is -2.05. The van der Waals surface area contributed by atoms with Gasteiger partial charge in [0.15, 0.2) is 6.29 Å². The van der Waals surface area contributed by atoms with Crippen molar-refractivity contribution in [2.45, 2.75) is 6.92 Å². The SMILES string of the molecule is COc1ccc2c(ccc3nc(C)c(C=O)n32)c1. The molecule has 0 saturated heterocycles. The molecule has 3 aromatic rings. The lowest BCUT2D eigenvalue weighted by molar-refractivity contribution is 0.111. The second-order valence-electron chi connectivity index (χ2n) is 4.15. The zero-order chi connectivity index (χ0) is 12.7. The number of rotatable bonds is 2. The van der Waals surface area contributed by atoms with Gasteiger partial charge in [-0.15, -0.1) is 0 Å². The van der Waals surface area contributed by atoms with Gasteiger partial charge in [0.25, 0.3) is 0 Å². The van der Waals surface area contributed by atoms with Crippen LogP contribution in [-0.4, -0.2) is 22.8 Å². The van der Waals surface area contributed by atoms with Gasteiger partial charge in [-0.1, -0.05) is 0 Å². The summed E-state index contributed by atoms with van der Waals surface area (Å²) in [4.78, 5) is 15.6. The summed E-state index contributed by atoms with van der Waals surface area (Å²) in [5.74, 6) is 0.798. The highest BCUT2D eigenvalue weighted by Gasteiger charge is 2.10. The van der Waals surface area contributed by atoms with Gasteiger partial charge in [-0.3, -0.25) is 9.20 Å². The number of fused-ring (bicyclic) bond motifs is 3. The van der Waals surface area contributed by atoms with Crippen LogP contribution in [0.4, 0.5) is 0 Å². The summed E-state index contributed by atoms with van der Waals surface area (Å²) in [7, 11) is 1.64. The number of hydrogen-bond donors (Lipinski definition) is 0. The third-order valence-corrected chi connectivity index (χ3v) is 3.12. The predicted octanol–water partition coefficient (Wildman–Crippen LogP) is 2.62. The van der Waals surface area contributed by atoms with Crippen molar-refractivity contribution in [1.82, 2.24) is 9.38 Å². The number of nitrogens with zero attached hydrogens (tertiary/aromatic N) is 2. The smallest absolute Gasteiger partial charge is 0.168 e. The fourth-order valence-corrected chi connectivity index (χ4v) is 2.23. The largest absolute Gasteiger partial charge is 0.497 e. The minimum absolute atomic E-state index is 0.598. The number of ether oxygens (including phenoxy) is 1. The van der Waals surface area contributed by atoms with Crippen LogP contribution < -0.4 is 4.74 Å². The highest BCUT2D eigenvalue weighted by Crippen LogP contribution is 2.23. The molecule has 0 atom stereocenters. The van der Waals surface area contributed by atoms with Crippen molar-refractivity contribution in [2.75, 3.05) is 7.11 Å². The van der Waals surface area contributed by atoms with Crippen LogP contribution in [0.3, 0.4) is 0 Å². The zero-order valence-corrected chi connectivity index (χ0v) is 10.2. The Balaban J connectivity index is 2.48. The molecule has 0 fully saturated rings. The van der Waals surface area contributed by atoms with Crippen LogP contribution in [0.5, 0.6) is 5.75 Å². The van der Waals surface area contributed by atoms with E-state index >= 15 is 0 Å². The quantitative estimate of drug-likeness (QED) is 0.647. The van der Waals surface area contributed by atoms with Crippen LogP contribution in [-0.2, 0) is 0 Å². The average molecular weight is 240 g/mol. The molecule has 2 aromatic heterocycles. The number of aryl methyl sites for hydroxylation is 1. The Labute approximate surface area is 104 Å². The molecule has 18 heavy (non-hydrogen) atoms. The molecule has 0 aliphatic rings. The highest BCUT2D eigenvalue weighted by atomic mass is 16.5. The lowest BCUT2D eigenvalue weighted by Crippen LogP contribution is -1.94. The molecule has 3 rings (SSSR count). The van der Waals surface area contributed by atoms with Crippen LogP contribution in [0.25, 0.3) is 16.6 Å². The van der Waals surface area contributed by atoms with Gasteiger partial charge in [0, 0.05) is 5.39 Å². The first-order valence-corrected chi connectivity index (χ1v) is 5.65. The molecule has 1 aromatic carbocycles. The third-order valence-electron chi connectivity index (χ3n) is 3.12. The Morgan fingerprint density at radius 2 is 2.11 bits per heavy atom. The van der Waals surface area contributed by atoms with Crippen LogP contribution in [0.2, 0.25) is 0 Å². The van der Waals surface area contributed by atoms with Gasteiger partial charge in [-0.05, 0) is 37.3 Å². The van der Waals surface area contributed by atoms with Crippen molar-refractivity contribution in [3.05, 3.63) is 41.7 Å². The van der Waals surface area contributed by atoms with E-state index in [0.717, 1.165) is 34.3 Å². The number of hydrogen-bond acceptors (Lipinski definition) is 3. The van der Waals surface area contributed by atoms with Gasteiger partial charge in [0.1, 0.15) is 17.1 Å². The summed E-state index contributed by atoms with van der Waals surface area (Å²) in [6.07, 6.45) is 0.846. The second kappa shape index (κ2) is 3.84. The van der Waals surface area contributed by atoms with E-state index in [1.54, 1.807) is 7.11 Å². The Morgan fingerprint density at radius 1 is 1.28 bits per heavy atom. The molecule has 0 amide bonds. The number of imidazole rings is 1. The number of carbonyl (C=O) groups excluding carboxylic acids is 1. The normalized spacial score (nSPS) is 11.0. The molecule has 0 unspecified atom stereocenters. The van der Waals surface area contributed by atoms with E-state index in [-0.39, 0.29) is 0 Å². The predicted molar refractivity (Wildman–Crippen MR) is 69.4 cm³/mol. The number of pyridine rings is 1. The van der Waals surface area contributed by atoms with Crippen LogP contribution in [0.15, 0.2) is 30.3 Å². The first-order chi connectivity index (χ1) is 8.74. The molecule has 0 spiro atoms. The van der Waals surface area contributed by atoms with E-state index in [2.05, 4.69) is 4.98 Å². The fourth-order valence-electron chi connectivity index (χ4n) is 2.23. The summed E-state index contributed by atoms with van der Waals surface area (Å²) in [6.45, 7) is 1.84. The van der Waals surface area contributed by atoms with Crippen molar-refractivity contribution < 1.29 is 9.53 Å². The molecule has 0 bridgehead atoms. The Kier molecular flexibility index (Phi) is 2.30. The van der Waals surface area contributed by atoms with E-state index in [1.165, 1.54) is 0 Å². The lowest BCUT2D eigenvalue weighted by atomic mass is 10.2. The number of carbonyl (C=O) groups is 1. The molecular weight excluding hydrogens is 228 g/mol. The molecule has 4 heteroatoms. The second-order valence-corrected chi connectivity index (χ2v) is 4.15. The van der Waals surface area contributed by atoms with Gasteiger partial charge < -0.3 is 4.74 Å². The highest BCUT2D eigenvalue weighted by molar-refractivity contribution is 5.87. The Hall–Kier alpha value is -2.36. The van der Waals surface area contributed by atoms with Gasteiger partial charge in [0.05, 0.1) is 18.3 Å². The molecular formula is C14H12N2O2. The number of aromatic nitrogens is 2. The van der Waals surface area contributed by atoms with Crippen molar-refractivity contribution in [2.24, 2.45) is 0 Å². The van der Waals surface area contributed by atoms with Crippen molar-refractivity contribution in [1.29, 1.82) is 0 Å². The monoisotopic (exact) mass is 240 g/mol. The molecule has 0 aliphatic heterocycles. The Bertz CT molecular complexity index is 759. The maximum Gasteiger partial charge on any atom is 0.168 e. The van der Waals surface area contributed by atoms with E-state index in [9.17, 15) is 4.79 Å². The molecule has 0 aliphatic carbocycles. The first-order valence-electron chi connectivity index (χ1n) is 5.65. The maximum atomic E-state index is 11.2. The van der Waals surface area contributed by atoms with Gasteiger partial charge in [-0.25, -0.2) is 4.98 Å². The number of benzene rings is 1. The van der Waals surface area contributed by atoms with Gasteiger partial charge >= 0.3 is 0 Å². The van der Waals surface area contributed by atoms with Gasteiger partial charge in [-0.2, -0.15) is 0 Å². The minimum Gasteiger partial charge on any atom is -0.497 e. The molecule has 0 radical (unpaired) electrons. The van der Waals surface area contributed by atoms with Crippen molar-refractivity contribution in [3.8, 4) is 5.75 Å². The van der Waals surface area contributed by atoms with Gasteiger partial charge in [0.2, 0.25) is 0 Å². The first kappa shape index (κ1) is 10.8. The van der Waals surface area contributed by atoms with Crippen molar-refractivity contribution >= 4 is 22.8 Å². The Morgan fingerprint density at radius 3 is 2.83 bits per heavy atom. The minimum atomic E-state index is 0.598. The number of methoxy groups -OCH3 is 1. The van der Waals surface area contributed by atoms with Crippen LogP contribution in [0, 0.1) is 6.92 Å². The molecule has 4 nitrogen and oxygen atoms in total. The van der Waals surface area contributed by atoms with E-state index in [0.29, 0.717) is 5.69 Å². The summed E-state index contributed by atoms with van der Waals surface area (Å²) < 4.78 is 7.07. The molecule has 0 saturated carbocycles. The summed E-state index contributed by atoms with van der Waals surface area (Å²) in [5.41, 5.74) is 3.08. The van der Waals surface area contributed by atoms with Crippen molar-refractivity contribution in [3.63, 3.8) is 0 Å². The molecule has 0 N–H and O–H groups in total. The topological polar surface area (TPSA) is 43.6 Å². The van der Waals surface area contributed by atoms with Crippen LogP contribution >= 0.6 is 0 Å². The van der Waals surface area contributed by atoms with E-state index in [4.69, 9.17) is 4.74 Å². The third kappa shape index (κ3) is 1.39. The summed E-state index contributed by atoms with van der Waals surface area (Å²) in [6, 6.07) is 9.65. The average Bonchev–Trinajstić information content (AvgIpc) is 2.73. The summed E-state index contributed by atoms with van der Waals surface area (Å²) >= 11 is 0. The van der Waals surface area contributed by atoms with E-state index in [1.807, 2.05) is 41.7 Å². The summed E-state index contributed by atoms with van der Waals surface area (Å²) in [5, 5.41) is 1.02. The number of aldehydes is 1.